The number of pyridine rings is 1. The molecule has 0 fully saturated rings. The Morgan fingerprint density at radius 3 is 2.73 bits per heavy atom. The monoisotopic (exact) mass is 389 g/mol. The van der Waals surface area contributed by atoms with Crippen molar-refractivity contribution in [2.45, 2.75) is 13.0 Å². The van der Waals surface area contributed by atoms with E-state index in [1.54, 1.807) is 36.4 Å². The van der Waals surface area contributed by atoms with Crippen molar-refractivity contribution in [1.82, 2.24) is 15.1 Å². The third-order valence-electron chi connectivity index (χ3n) is 3.96. The van der Waals surface area contributed by atoms with Crippen molar-refractivity contribution < 1.29 is 9.26 Å². The van der Waals surface area contributed by atoms with Gasteiger partial charge in [0.25, 0.3) is 11.4 Å². The van der Waals surface area contributed by atoms with Crippen LogP contribution in [0.25, 0.3) is 23.5 Å². The summed E-state index contributed by atoms with van der Waals surface area (Å²) < 4.78 is 10.6. The van der Waals surface area contributed by atoms with E-state index in [0.29, 0.717) is 35.2 Å². The second-order valence-corrected chi connectivity index (χ2v) is 6.68. The van der Waals surface area contributed by atoms with Gasteiger partial charge in [0, 0.05) is 28.2 Å². The zero-order chi connectivity index (χ0) is 18.1. The van der Waals surface area contributed by atoms with Gasteiger partial charge in [-0.15, -0.1) is 0 Å². The van der Waals surface area contributed by atoms with Crippen molar-refractivity contribution in [1.29, 1.82) is 0 Å². The van der Waals surface area contributed by atoms with Gasteiger partial charge in [-0.25, -0.2) is 0 Å². The maximum Gasteiger partial charge on any atom is 0.259 e. The SMILES string of the molecule is O=c1[nH]c2c(cc1-c1noc(/C=C/c3cc(Cl)cc(Cl)c3)n1)COCC2. The van der Waals surface area contributed by atoms with Gasteiger partial charge in [0.1, 0.15) is 0 Å². The number of nitrogens with zero attached hydrogens (tertiary/aromatic N) is 2. The predicted molar refractivity (Wildman–Crippen MR) is 99.1 cm³/mol. The predicted octanol–water partition coefficient (Wildman–Crippen LogP) is 3.97. The minimum absolute atomic E-state index is 0.225. The molecule has 3 aromatic rings. The first-order valence-corrected chi connectivity index (χ1v) is 8.65. The molecule has 6 nitrogen and oxygen atoms in total. The maximum atomic E-state index is 12.3. The number of nitrogens with one attached hydrogen (secondary N) is 1. The number of rotatable bonds is 3. The van der Waals surface area contributed by atoms with Crippen molar-refractivity contribution in [3.05, 3.63) is 67.4 Å². The van der Waals surface area contributed by atoms with Crippen LogP contribution in [0, 0.1) is 0 Å². The molecule has 0 saturated heterocycles. The zero-order valence-corrected chi connectivity index (χ0v) is 15.0. The Kier molecular flexibility index (Phi) is 4.63. The maximum absolute atomic E-state index is 12.3. The van der Waals surface area contributed by atoms with E-state index in [-0.39, 0.29) is 17.3 Å². The van der Waals surface area contributed by atoms with E-state index < -0.39 is 0 Å². The highest BCUT2D eigenvalue weighted by Gasteiger charge is 2.17. The summed E-state index contributed by atoms with van der Waals surface area (Å²) in [5, 5.41) is 4.96. The van der Waals surface area contributed by atoms with Crippen LogP contribution in [0.3, 0.4) is 0 Å². The molecule has 2 aromatic heterocycles. The van der Waals surface area contributed by atoms with E-state index in [4.69, 9.17) is 32.5 Å². The summed E-state index contributed by atoms with van der Waals surface area (Å²) in [6.45, 7) is 1.06. The third-order valence-corrected chi connectivity index (χ3v) is 4.39. The largest absolute Gasteiger partial charge is 0.376 e. The zero-order valence-electron chi connectivity index (χ0n) is 13.5. The minimum Gasteiger partial charge on any atom is -0.376 e. The molecule has 0 saturated carbocycles. The standard InChI is InChI=1S/C18H13Cl2N3O3/c19-12-5-10(6-13(20)8-12)1-2-16-22-17(23-26-16)14-7-11-9-25-4-3-15(11)21-18(14)24/h1-2,5-8H,3-4,9H2,(H,21,24)/b2-1+. The lowest BCUT2D eigenvalue weighted by Gasteiger charge is -2.15. The number of benzene rings is 1. The van der Waals surface area contributed by atoms with Gasteiger partial charge in [0.05, 0.1) is 18.8 Å². The Morgan fingerprint density at radius 1 is 1.12 bits per heavy atom. The first-order valence-electron chi connectivity index (χ1n) is 7.89. The molecule has 0 amide bonds. The van der Waals surface area contributed by atoms with Crippen LogP contribution in [0.4, 0.5) is 0 Å². The molecular formula is C18H13Cl2N3O3. The Bertz CT molecular complexity index is 1040. The van der Waals surface area contributed by atoms with Crippen LogP contribution >= 0.6 is 23.2 Å². The second kappa shape index (κ2) is 7.07. The van der Waals surface area contributed by atoms with Crippen molar-refractivity contribution in [3.8, 4) is 11.4 Å². The Labute approximate surface area is 158 Å². The Hall–Kier alpha value is -2.41. The summed E-state index contributed by atoms with van der Waals surface area (Å²) in [5.41, 5.74) is 2.73. The number of aromatic nitrogens is 3. The summed E-state index contributed by atoms with van der Waals surface area (Å²) in [5.74, 6) is 0.493. The van der Waals surface area contributed by atoms with Gasteiger partial charge < -0.3 is 14.2 Å². The topological polar surface area (TPSA) is 81.0 Å². The van der Waals surface area contributed by atoms with Crippen molar-refractivity contribution >= 4 is 35.4 Å². The summed E-state index contributed by atoms with van der Waals surface area (Å²) in [7, 11) is 0. The van der Waals surface area contributed by atoms with Crippen molar-refractivity contribution in [2.24, 2.45) is 0 Å². The van der Waals surface area contributed by atoms with Crippen LogP contribution in [0.1, 0.15) is 22.7 Å². The number of aromatic amines is 1. The van der Waals surface area contributed by atoms with Crippen LogP contribution in [0.15, 0.2) is 33.6 Å². The van der Waals surface area contributed by atoms with Gasteiger partial charge in [-0.3, -0.25) is 4.79 Å². The van der Waals surface area contributed by atoms with Crippen LogP contribution in [-0.2, 0) is 17.8 Å². The number of H-pyrrole nitrogens is 1. The third kappa shape index (κ3) is 3.58. The van der Waals surface area contributed by atoms with E-state index in [2.05, 4.69) is 15.1 Å². The molecule has 0 spiro atoms. The molecule has 1 aliphatic rings. The molecule has 0 unspecified atom stereocenters. The van der Waals surface area contributed by atoms with E-state index >= 15 is 0 Å². The molecule has 0 radical (unpaired) electrons. The Balaban J connectivity index is 1.62. The van der Waals surface area contributed by atoms with Gasteiger partial charge in [-0.05, 0) is 41.5 Å². The smallest absolute Gasteiger partial charge is 0.259 e. The minimum atomic E-state index is -0.247. The van der Waals surface area contributed by atoms with Gasteiger partial charge in [-0.1, -0.05) is 28.4 Å². The normalized spacial score (nSPS) is 13.9. The molecule has 8 heteroatoms. The summed E-state index contributed by atoms with van der Waals surface area (Å²) >= 11 is 11.9. The molecule has 0 aliphatic carbocycles. The molecule has 0 atom stereocenters. The van der Waals surface area contributed by atoms with Gasteiger partial charge in [0.2, 0.25) is 5.82 Å². The molecule has 1 N–H and O–H groups in total. The first-order chi connectivity index (χ1) is 12.6. The molecule has 1 aromatic carbocycles. The number of hydrogen-bond acceptors (Lipinski definition) is 5. The quantitative estimate of drug-likeness (QED) is 0.732. The average Bonchev–Trinajstić information content (AvgIpc) is 3.07. The summed E-state index contributed by atoms with van der Waals surface area (Å²) in [6.07, 6.45) is 4.07. The molecule has 4 rings (SSSR count). The van der Waals surface area contributed by atoms with Crippen molar-refractivity contribution in [3.63, 3.8) is 0 Å². The molecule has 26 heavy (non-hydrogen) atoms. The highest BCUT2D eigenvalue weighted by atomic mass is 35.5. The van der Waals surface area contributed by atoms with E-state index in [0.717, 1.165) is 16.8 Å². The summed E-state index contributed by atoms with van der Waals surface area (Å²) in [6, 6.07) is 6.92. The highest BCUT2D eigenvalue weighted by molar-refractivity contribution is 6.34. The van der Waals surface area contributed by atoms with Crippen LogP contribution < -0.4 is 5.56 Å². The van der Waals surface area contributed by atoms with Gasteiger partial charge >= 0.3 is 0 Å². The summed E-state index contributed by atoms with van der Waals surface area (Å²) in [4.78, 5) is 19.4. The van der Waals surface area contributed by atoms with Crippen LogP contribution in [0.2, 0.25) is 10.0 Å². The second-order valence-electron chi connectivity index (χ2n) is 5.81. The van der Waals surface area contributed by atoms with E-state index in [9.17, 15) is 4.79 Å². The molecule has 3 heterocycles. The highest BCUT2D eigenvalue weighted by Crippen LogP contribution is 2.22. The number of halogens is 2. The van der Waals surface area contributed by atoms with Gasteiger partial charge in [-0.2, -0.15) is 4.98 Å². The lowest BCUT2D eigenvalue weighted by atomic mass is 10.1. The van der Waals surface area contributed by atoms with Gasteiger partial charge in [0.15, 0.2) is 0 Å². The number of ether oxygens (including phenoxy) is 1. The Morgan fingerprint density at radius 2 is 1.92 bits per heavy atom. The van der Waals surface area contributed by atoms with E-state index in [1.165, 1.54) is 0 Å². The molecular weight excluding hydrogens is 377 g/mol. The first kappa shape index (κ1) is 17.0. The molecule has 132 valence electrons. The molecule has 1 aliphatic heterocycles. The number of fused-ring (bicyclic) bond motifs is 1. The van der Waals surface area contributed by atoms with E-state index in [1.807, 2.05) is 0 Å². The fourth-order valence-electron chi connectivity index (χ4n) is 2.74. The van der Waals surface area contributed by atoms with Crippen molar-refractivity contribution in [2.75, 3.05) is 6.61 Å². The van der Waals surface area contributed by atoms with Crippen LogP contribution in [0.5, 0.6) is 0 Å². The average molecular weight is 390 g/mol. The lowest BCUT2D eigenvalue weighted by Crippen LogP contribution is -2.19. The fourth-order valence-corrected chi connectivity index (χ4v) is 3.28. The molecule has 0 bridgehead atoms. The van der Waals surface area contributed by atoms with Crippen LogP contribution in [-0.4, -0.2) is 21.7 Å². The number of hydrogen-bond donors (Lipinski definition) is 1. The fraction of sp³-hybridized carbons (Fsp3) is 0.167. The lowest BCUT2D eigenvalue weighted by molar-refractivity contribution is 0.109.